The van der Waals surface area contributed by atoms with Gasteiger partial charge in [-0.25, -0.2) is 4.18 Å². The van der Waals surface area contributed by atoms with Gasteiger partial charge in [-0.3, -0.25) is 23.7 Å². The largest absolute Gasteiger partial charge is 0.494 e. The molecule has 14 N–H and O–H groups in total. The van der Waals surface area contributed by atoms with E-state index in [1.807, 2.05) is 0 Å². The maximum Gasteiger partial charge on any atom is 0.397 e. The molecule has 4 fully saturated rings. The summed E-state index contributed by atoms with van der Waals surface area (Å²) >= 11 is 0. The Hall–Kier alpha value is -4.13. The van der Waals surface area contributed by atoms with E-state index >= 15 is 0 Å². The van der Waals surface area contributed by atoms with Crippen molar-refractivity contribution in [2.75, 3.05) is 33.0 Å². The first kappa shape index (κ1) is 64.7. The van der Waals surface area contributed by atoms with Crippen molar-refractivity contribution in [3.63, 3.8) is 0 Å². The molecule has 0 bridgehead atoms. The number of rotatable bonds is 27. The minimum atomic E-state index is -5.16. The third-order valence-corrected chi connectivity index (χ3v) is 13.6. The SMILES string of the molecule is CCCCCC/C=C\CCCOc1cccc(C(=O)NC2[C@H](O[C@H]3C(O)C(NC(C)=O)[C@H](O[C@@H]4C(CO)O[C@@H](O[C@H]5C(O)C(NC(C)=O)[C@H](O)O[C@H]5COS(=O)(=O)O)C(NC(C)=O)[C@H]4O)O[C@H]3CO)OC(CO)[C@@H](O)[C@@H]2O)c1. The number of carbonyl (C=O) groups excluding carboxylic acids is 4. The molecular formula is C48H76N4O25S. The fourth-order valence-corrected chi connectivity index (χ4v) is 9.66. The van der Waals surface area contributed by atoms with Crippen molar-refractivity contribution in [1.29, 1.82) is 0 Å². The number of aliphatic hydroxyl groups excluding tert-OH is 9. The summed E-state index contributed by atoms with van der Waals surface area (Å²) in [6.45, 7) is 1.59. The van der Waals surface area contributed by atoms with Crippen molar-refractivity contribution < 1.29 is 120 Å². The van der Waals surface area contributed by atoms with Gasteiger partial charge in [0.2, 0.25) is 17.7 Å². The minimum Gasteiger partial charge on any atom is -0.494 e. The molecule has 78 heavy (non-hydrogen) atoms. The maximum atomic E-state index is 13.8. The molecule has 0 aliphatic carbocycles. The lowest BCUT2D eigenvalue weighted by Gasteiger charge is -2.51. The Bertz CT molecular complexity index is 2220. The smallest absolute Gasteiger partial charge is 0.397 e. The average Bonchev–Trinajstić information content (AvgIpc) is 3.47. The van der Waals surface area contributed by atoms with E-state index in [0.29, 0.717) is 18.8 Å². The quantitative estimate of drug-likeness (QED) is 0.0225. The number of amides is 4. The van der Waals surface area contributed by atoms with E-state index in [-0.39, 0.29) is 5.56 Å². The summed E-state index contributed by atoms with van der Waals surface area (Å²) in [5, 5.41) is 109. The Morgan fingerprint density at radius 1 is 0.590 bits per heavy atom. The second-order valence-electron chi connectivity index (χ2n) is 19.2. The fraction of sp³-hybridized carbons (Fsp3) is 0.750. The van der Waals surface area contributed by atoms with Gasteiger partial charge < -0.3 is 105 Å². The standard InChI is InChI=1S/C48H76N4O25S/c1-5-6-7-8-9-10-11-12-13-17-69-27-16-14-15-26(18-27)44(64)52-33-37(60)36(59)28(19-53)72-46(33)75-41-29(20-54)73-47(34(39(41)62)50-24(3)57)76-42-30(21-55)74-48(35(40(42)63)51-25(4)58)77-43-31(22-70-78(66,67)68)71-45(65)32(38(43)61)49-23(2)56/h10-11,14-16,18,28-43,45-48,53-55,59-63,65H,5-9,12-13,17,19-22H2,1-4H3,(H,49,56)(H,50,57)(H,51,58)(H,52,64)(H,66,67,68)/b11-10-/t28?,29-,30?,31-,32?,33?,34?,35?,36+,37+,38?,39?,40+,41+,42+,43+,45+,46-,47-,48-/m0/s1. The zero-order chi connectivity index (χ0) is 57.4. The lowest BCUT2D eigenvalue weighted by molar-refractivity contribution is -0.361. The first-order valence-corrected chi connectivity index (χ1v) is 27.0. The molecule has 0 aromatic heterocycles. The van der Waals surface area contributed by atoms with E-state index in [1.54, 1.807) is 12.1 Å². The molecule has 1 aromatic rings. The highest BCUT2D eigenvalue weighted by atomic mass is 32.3. The molecule has 0 radical (unpaired) electrons. The van der Waals surface area contributed by atoms with Crippen LogP contribution in [0.15, 0.2) is 36.4 Å². The lowest BCUT2D eigenvalue weighted by Crippen LogP contribution is -2.71. The number of unbranched alkanes of at least 4 members (excludes halogenated alkanes) is 5. The fourth-order valence-electron chi connectivity index (χ4n) is 9.35. The molecule has 0 saturated carbocycles. The Labute approximate surface area is 450 Å². The third-order valence-electron chi connectivity index (χ3n) is 13.2. The first-order valence-electron chi connectivity index (χ1n) is 25.6. The molecule has 5 rings (SSSR count). The van der Waals surface area contributed by atoms with Crippen LogP contribution in [-0.2, 0) is 62.1 Å². The van der Waals surface area contributed by atoms with Crippen LogP contribution in [0.5, 0.6) is 5.75 Å². The molecular weight excluding hydrogens is 1060 g/mol. The number of ether oxygens (including phenoxy) is 8. The van der Waals surface area contributed by atoms with E-state index in [2.05, 4.69) is 44.5 Å². The molecule has 4 aliphatic heterocycles. The Balaban J connectivity index is 1.34. The molecule has 4 saturated heterocycles. The van der Waals surface area contributed by atoms with Gasteiger partial charge >= 0.3 is 10.4 Å². The molecule has 4 aliphatic rings. The zero-order valence-electron chi connectivity index (χ0n) is 43.5. The predicted molar refractivity (Wildman–Crippen MR) is 263 cm³/mol. The summed E-state index contributed by atoms with van der Waals surface area (Å²) in [6, 6.07) is -0.669. The van der Waals surface area contributed by atoms with Gasteiger partial charge in [0.05, 0.1) is 33.0 Å². The molecule has 4 amide bonds. The number of allylic oxidation sites excluding steroid dienone is 2. The van der Waals surface area contributed by atoms with Gasteiger partial charge in [-0.15, -0.1) is 0 Å². The van der Waals surface area contributed by atoms with E-state index in [9.17, 15) is 78.1 Å². The van der Waals surface area contributed by atoms with Crippen LogP contribution in [-0.4, -0.2) is 238 Å². The van der Waals surface area contributed by atoms with Crippen molar-refractivity contribution in [3.05, 3.63) is 42.0 Å². The maximum absolute atomic E-state index is 13.8. The number of benzene rings is 1. The second-order valence-corrected chi connectivity index (χ2v) is 20.3. The topological polar surface area (TPSA) is 436 Å². The normalized spacial score (nSPS) is 35.4. The van der Waals surface area contributed by atoms with Gasteiger partial charge in [0.15, 0.2) is 25.2 Å². The monoisotopic (exact) mass is 1140 g/mol. The summed E-state index contributed by atoms with van der Waals surface area (Å²) < 4.78 is 83.9. The van der Waals surface area contributed by atoms with Gasteiger partial charge in [0.1, 0.15) is 103 Å². The number of hydrogen-bond donors (Lipinski definition) is 14. The van der Waals surface area contributed by atoms with Crippen LogP contribution < -0.4 is 26.0 Å². The van der Waals surface area contributed by atoms with Crippen molar-refractivity contribution in [1.82, 2.24) is 21.3 Å². The van der Waals surface area contributed by atoms with Crippen LogP contribution in [0, 0.1) is 0 Å². The molecule has 1 aromatic carbocycles. The summed E-state index contributed by atoms with van der Waals surface area (Å²) in [6.07, 6.45) is -18.1. The van der Waals surface area contributed by atoms with E-state index in [4.69, 9.17) is 37.9 Å². The summed E-state index contributed by atoms with van der Waals surface area (Å²) in [4.78, 5) is 51.1. The van der Waals surface area contributed by atoms with Gasteiger partial charge in [-0.1, -0.05) is 44.4 Å². The summed E-state index contributed by atoms with van der Waals surface area (Å²) in [5.74, 6) is -2.85. The second kappa shape index (κ2) is 30.6. The van der Waals surface area contributed by atoms with Crippen LogP contribution in [0.3, 0.4) is 0 Å². The van der Waals surface area contributed by atoms with E-state index in [0.717, 1.165) is 40.0 Å². The molecule has 0 spiro atoms. The lowest BCUT2D eigenvalue weighted by atomic mass is 9.93. The Kier molecular flexibility index (Phi) is 25.4. The average molecular weight is 1140 g/mol. The van der Waals surface area contributed by atoms with Gasteiger partial charge in [-0.05, 0) is 43.9 Å². The third kappa shape index (κ3) is 17.9. The van der Waals surface area contributed by atoms with Crippen LogP contribution >= 0.6 is 0 Å². The molecule has 4 heterocycles. The van der Waals surface area contributed by atoms with Crippen molar-refractivity contribution in [3.8, 4) is 5.75 Å². The van der Waals surface area contributed by atoms with Crippen LogP contribution in [0.2, 0.25) is 0 Å². The van der Waals surface area contributed by atoms with Crippen LogP contribution in [0.4, 0.5) is 0 Å². The number of aliphatic hydroxyl groups is 9. The van der Waals surface area contributed by atoms with E-state index < -0.39 is 183 Å². The highest BCUT2D eigenvalue weighted by Gasteiger charge is 2.56. The number of nitrogens with one attached hydrogen (secondary N) is 4. The summed E-state index contributed by atoms with van der Waals surface area (Å²) in [7, 11) is -5.16. The Morgan fingerprint density at radius 2 is 1.06 bits per heavy atom. The molecule has 444 valence electrons. The highest BCUT2D eigenvalue weighted by molar-refractivity contribution is 7.80. The Morgan fingerprint density at radius 3 is 1.56 bits per heavy atom. The zero-order valence-corrected chi connectivity index (χ0v) is 44.3. The van der Waals surface area contributed by atoms with Crippen molar-refractivity contribution in [2.45, 2.75) is 195 Å². The molecule has 30 heteroatoms. The number of hydrogen-bond acceptors (Lipinski definition) is 24. The van der Waals surface area contributed by atoms with Gasteiger partial charge in [0, 0.05) is 26.3 Å². The first-order chi connectivity index (χ1) is 37.0. The molecule has 8 unspecified atom stereocenters. The predicted octanol–water partition coefficient (Wildman–Crippen LogP) is -4.37. The van der Waals surface area contributed by atoms with Gasteiger partial charge in [0.25, 0.3) is 5.91 Å². The minimum absolute atomic E-state index is 0.0587. The van der Waals surface area contributed by atoms with Crippen molar-refractivity contribution >= 4 is 34.0 Å². The molecule has 29 nitrogen and oxygen atoms in total. The van der Waals surface area contributed by atoms with Crippen molar-refractivity contribution in [2.24, 2.45) is 0 Å². The number of carbonyl (C=O) groups is 4. The van der Waals surface area contributed by atoms with E-state index in [1.165, 1.54) is 31.4 Å². The van der Waals surface area contributed by atoms with Crippen LogP contribution in [0.25, 0.3) is 0 Å². The highest BCUT2D eigenvalue weighted by Crippen LogP contribution is 2.35. The summed E-state index contributed by atoms with van der Waals surface area (Å²) in [5.41, 5.74) is 0.0587. The van der Waals surface area contributed by atoms with Gasteiger partial charge in [-0.2, -0.15) is 8.42 Å². The van der Waals surface area contributed by atoms with Crippen LogP contribution in [0.1, 0.15) is 83.0 Å². The molecule has 20 atom stereocenters.